The lowest BCUT2D eigenvalue weighted by Gasteiger charge is -2.26. The fourth-order valence-corrected chi connectivity index (χ4v) is 2.16. The number of morpholine rings is 1. The van der Waals surface area contributed by atoms with E-state index in [4.69, 9.17) is 14.2 Å². The molecule has 1 aromatic carbocycles. The molecule has 5 nitrogen and oxygen atoms in total. The second-order valence-corrected chi connectivity index (χ2v) is 4.70. The van der Waals surface area contributed by atoms with E-state index in [1.807, 2.05) is 24.3 Å². The molecule has 0 aromatic heterocycles. The van der Waals surface area contributed by atoms with Crippen LogP contribution in [0.1, 0.15) is 0 Å². The summed E-state index contributed by atoms with van der Waals surface area (Å²) in [7, 11) is 1.66. The number of para-hydroxylation sites is 2. The van der Waals surface area contributed by atoms with Gasteiger partial charge in [-0.25, -0.2) is 0 Å². The van der Waals surface area contributed by atoms with Gasteiger partial charge in [-0.1, -0.05) is 12.1 Å². The first kappa shape index (κ1) is 15.1. The maximum Gasteiger partial charge on any atom is 0.161 e. The Bertz CT molecular complexity index is 381. The van der Waals surface area contributed by atoms with Gasteiger partial charge < -0.3 is 19.5 Å². The summed E-state index contributed by atoms with van der Waals surface area (Å²) in [5, 5.41) is 3.39. The Balaban J connectivity index is 1.55. The topological polar surface area (TPSA) is 43.0 Å². The third-order valence-corrected chi connectivity index (χ3v) is 3.31. The average molecular weight is 280 g/mol. The van der Waals surface area contributed by atoms with Gasteiger partial charge >= 0.3 is 0 Å². The van der Waals surface area contributed by atoms with Gasteiger partial charge in [0.05, 0.1) is 20.3 Å². The van der Waals surface area contributed by atoms with Gasteiger partial charge in [-0.2, -0.15) is 0 Å². The molecule has 1 aliphatic heterocycles. The Hall–Kier alpha value is -1.30. The molecular formula is C15H24N2O3. The monoisotopic (exact) mass is 280 g/mol. The van der Waals surface area contributed by atoms with Gasteiger partial charge in [0.15, 0.2) is 11.5 Å². The van der Waals surface area contributed by atoms with Crippen molar-refractivity contribution in [1.29, 1.82) is 0 Å². The van der Waals surface area contributed by atoms with E-state index < -0.39 is 0 Å². The first-order valence-corrected chi connectivity index (χ1v) is 7.17. The van der Waals surface area contributed by atoms with Gasteiger partial charge in [0, 0.05) is 32.7 Å². The summed E-state index contributed by atoms with van der Waals surface area (Å²) in [5.41, 5.74) is 0. The van der Waals surface area contributed by atoms with Crippen LogP contribution in [0.4, 0.5) is 0 Å². The first-order chi connectivity index (χ1) is 9.90. The lowest BCUT2D eigenvalue weighted by atomic mass is 10.3. The number of ether oxygens (including phenoxy) is 3. The molecule has 112 valence electrons. The molecule has 0 aliphatic carbocycles. The molecule has 2 rings (SSSR count). The van der Waals surface area contributed by atoms with Crippen LogP contribution < -0.4 is 14.8 Å². The highest BCUT2D eigenvalue weighted by molar-refractivity contribution is 5.39. The van der Waals surface area contributed by atoms with Crippen LogP contribution in [0.5, 0.6) is 11.5 Å². The van der Waals surface area contributed by atoms with Crippen molar-refractivity contribution in [2.75, 3.05) is 59.7 Å². The summed E-state index contributed by atoms with van der Waals surface area (Å²) in [6, 6.07) is 7.71. The molecule has 0 bridgehead atoms. The van der Waals surface area contributed by atoms with E-state index in [0.717, 1.165) is 57.4 Å². The SMILES string of the molecule is COc1ccccc1OCCNCCN1CCOCC1. The molecule has 5 heteroatoms. The average Bonchev–Trinajstić information content (AvgIpc) is 2.52. The summed E-state index contributed by atoms with van der Waals surface area (Å²) in [6.07, 6.45) is 0. The van der Waals surface area contributed by atoms with Crippen LogP contribution >= 0.6 is 0 Å². The number of nitrogens with one attached hydrogen (secondary N) is 1. The van der Waals surface area contributed by atoms with Crippen molar-refractivity contribution in [3.63, 3.8) is 0 Å². The Morgan fingerprint density at radius 2 is 1.90 bits per heavy atom. The van der Waals surface area contributed by atoms with E-state index in [9.17, 15) is 0 Å². The van der Waals surface area contributed by atoms with Gasteiger partial charge in [0.1, 0.15) is 6.61 Å². The molecule has 0 spiro atoms. The third kappa shape index (κ3) is 5.00. The summed E-state index contributed by atoms with van der Waals surface area (Å²) in [4.78, 5) is 2.41. The van der Waals surface area contributed by atoms with E-state index >= 15 is 0 Å². The molecule has 0 atom stereocenters. The highest BCUT2D eigenvalue weighted by Crippen LogP contribution is 2.25. The Labute approximate surface area is 120 Å². The second kappa shape index (κ2) is 8.79. The smallest absolute Gasteiger partial charge is 0.161 e. The third-order valence-electron chi connectivity index (χ3n) is 3.31. The summed E-state index contributed by atoms with van der Waals surface area (Å²) in [6.45, 7) is 7.33. The molecule has 0 radical (unpaired) electrons. The normalized spacial score (nSPS) is 16.1. The van der Waals surface area contributed by atoms with Crippen molar-refractivity contribution in [2.24, 2.45) is 0 Å². The van der Waals surface area contributed by atoms with E-state index in [1.165, 1.54) is 0 Å². The lowest BCUT2D eigenvalue weighted by molar-refractivity contribution is 0.0383. The zero-order valence-corrected chi connectivity index (χ0v) is 12.1. The van der Waals surface area contributed by atoms with E-state index in [-0.39, 0.29) is 0 Å². The second-order valence-electron chi connectivity index (χ2n) is 4.70. The van der Waals surface area contributed by atoms with Crippen molar-refractivity contribution >= 4 is 0 Å². The first-order valence-electron chi connectivity index (χ1n) is 7.17. The van der Waals surface area contributed by atoms with Crippen molar-refractivity contribution in [2.45, 2.75) is 0 Å². The predicted octanol–water partition coefficient (Wildman–Crippen LogP) is 0.996. The number of nitrogens with zero attached hydrogens (tertiary/aromatic N) is 1. The molecule has 1 heterocycles. The van der Waals surface area contributed by atoms with Crippen LogP contribution in [0.15, 0.2) is 24.3 Å². The van der Waals surface area contributed by atoms with Crippen LogP contribution in [0.3, 0.4) is 0 Å². The molecule has 0 amide bonds. The predicted molar refractivity (Wildman–Crippen MR) is 78.6 cm³/mol. The van der Waals surface area contributed by atoms with Crippen LogP contribution in [0, 0.1) is 0 Å². The zero-order chi connectivity index (χ0) is 14.0. The maximum atomic E-state index is 5.70. The summed E-state index contributed by atoms with van der Waals surface area (Å²) < 4.78 is 16.3. The van der Waals surface area contributed by atoms with Gasteiger partial charge in [-0.15, -0.1) is 0 Å². The Kier molecular flexibility index (Phi) is 6.63. The highest BCUT2D eigenvalue weighted by atomic mass is 16.5. The van der Waals surface area contributed by atoms with Gasteiger partial charge in [0.25, 0.3) is 0 Å². The quantitative estimate of drug-likeness (QED) is 0.720. The van der Waals surface area contributed by atoms with Crippen molar-refractivity contribution in [1.82, 2.24) is 10.2 Å². The molecule has 1 N–H and O–H groups in total. The van der Waals surface area contributed by atoms with Crippen molar-refractivity contribution in [3.05, 3.63) is 24.3 Å². The van der Waals surface area contributed by atoms with Crippen molar-refractivity contribution in [3.8, 4) is 11.5 Å². The molecule has 1 fully saturated rings. The minimum atomic E-state index is 0.642. The van der Waals surface area contributed by atoms with Crippen LogP contribution in [-0.2, 0) is 4.74 Å². The van der Waals surface area contributed by atoms with Gasteiger partial charge in [-0.3, -0.25) is 4.90 Å². The zero-order valence-electron chi connectivity index (χ0n) is 12.1. The standard InChI is InChI=1S/C15H24N2O3/c1-18-14-4-2-3-5-15(14)20-11-7-16-6-8-17-9-12-19-13-10-17/h2-5,16H,6-13H2,1H3. The van der Waals surface area contributed by atoms with Crippen LogP contribution in [0.25, 0.3) is 0 Å². The fourth-order valence-electron chi connectivity index (χ4n) is 2.16. The van der Waals surface area contributed by atoms with Crippen LogP contribution in [-0.4, -0.2) is 64.6 Å². The number of methoxy groups -OCH3 is 1. The van der Waals surface area contributed by atoms with Crippen LogP contribution in [0.2, 0.25) is 0 Å². The Morgan fingerprint density at radius 1 is 1.15 bits per heavy atom. The lowest BCUT2D eigenvalue weighted by Crippen LogP contribution is -2.40. The molecule has 0 unspecified atom stereocenters. The molecule has 0 saturated carbocycles. The number of benzene rings is 1. The van der Waals surface area contributed by atoms with E-state index in [1.54, 1.807) is 7.11 Å². The van der Waals surface area contributed by atoms with Crippen molar-refractivity contribution < 1.29 is 14.2 Å². The minimum absolute atomic E-state index is 0.642. The summed E-state index contributed by atoms with van der Waals surface area (Å²) in [5.74, 6) is 1.57. The molecular weight excluding hydrogens is 256 g/mol. The maximum absolute atomic E-state index is 5.70. The highest BCUT2D eigenvalue weighted by Gasteiger charge is 2.08. The number of hydrogen-bond acceptors (Lipinski definition) is 5. The fraction of sp³-hybridized carbons (Fsp3) is 0.600. The van der Waals surface area contributed by atoms with E-state index in [0.29, 0.717) is 6.61 Å². The van der Waals surface area contributed by atoms with E-state index in [2.05, 4.69) is 10.2 Å². The van der Waals surface area contributed by atoms with Gasteiger partial charge in [-0.05, 0) is 12.1 Å². The minimum Gasteiger partial charge on any atom is -0.493 e. The molecule has 1 aromatic rings. The van der Waals surface area contributed by atoms with Gasteiger partial charge in [0.2, 0.25) is 0 Å². The molecule has 20 heavy (non-hydrogen) atoms. The largest absolute Gasteiger partial charge is 0.493 e. The summed E-state index contributed by atoms with van der Waals surface area (Å²) >= 11 is 0. The molecule has 1 aliphatic rings. The number of hydrogen-bond donors (Lipinski definition) is 1. The Morgan fingerprint density at radius 3 is 2.65 bits per heavy atom. The molecule has 1 saturated heterocycles. The number of rotatable bonds is 8.